The van der Waals surface area contributed by atoms with E-state index in [0.29, 0.717) is 0 Å². The summed E-state index contributed by atoms with van der Waals surface area (Å²) in [4.78, 5) is 11.3. The maximum absolute atomic E-state index is 3.92. The molecule has 0 spiro atoms. The van der Waals surface area contributed by atoms with Crippen LogP contribution in [0.25, 0.3) is 0 Å². The second-order valence-electron chi connectivity index (χ2n) is 1.53. The maximum atomic E-state index is 3.92. The minimum absolute atomic E-state index is 0. The van der Waals surface area contributed by atoms with Gasteiger partial charge >= 0.3 is 0 Å². The number of hydrogen-bond acceptors (Lipinski definition) is 3. The van der Waals surface area contributed by atoms with Crippen LogP contribution < -0.4 is 0 Å². The van der Waals surface area contributed by atoms with Crippen molar-refractivity contribution < 1.29 is 98.1 Å². The van der Waals surface area contributed by atoms with Crippen LogP contribution in [-0.4, -0.2) is 15.0 Å². The third-order valence-corrected chi connectivity index (χ3v) is 0.747. The molecular formula is C5H6N3Y3-. The van der Waals surface area contributed by atoms with E-state index in [4.69, 9.17) is 0 Å². The van der Waals surface area contributed by atoms with E-state index >= 15 is 0 Å². The van der Waals surface area contributed by atoms with Gasteiger partial charge < -0.3 is 15.0 Å². The van der Waals surface area contributed by atoms with Crippen molar-refractivity contribution in [3.8, 4) is 0 Å². The largest absolute Gasteiger partial charge is 0.353 e. The van der Waals surface area contributed by atoms with Crippen LogP contribution in [0.1, 0.15) is 11.6 Å². The Bertz CT molecular complexity index is 177. The van der Waals surface area contributed by atoms with Crippen molar-refractivity contribution in [1.29, 1.82) is 0 Å². The summed E-state index contributed by atoms with van der Waals surface area (Å²) >= 11 is 0. The van der Waals surface area contributed by atoms with Crippen molar-refractivity contribution in [1.82, 2.24) is 15.0 Å². The summed E-state index contributed by atoms with van der Waals surface area (Å²) in [6.45, 7) is 3.62. The molecule has 0 unspecified atom stereocenters. The molecule has 3 radical (unpaired) electrons. The summed E-state index contributed by atoms with van der Waals surface area (Å²) in [5.41, 5.74) is 0. The molecule has 0 saturated heterocycles. The van der Waals surface area contributed by atoms with Crippen molar-refractivity contribution in [2.45, 2.75) is 13.8 Å². The molecule has 0 aliphatic carbocycles. The third-order valence-electron chi connectivity index (χ3n) is 0.747. The molecule has 0 fully saturated rings. The number of aromatic nitrogens is 3. The summed E-state index contributed by atoms with van der Waals surface area (Å²) in [5, 5.41) is 0. The molecule has 1 rings (SSSR count). The fourth-order valence-electron chi connectivity index (χ4n) is 0.454. The number of hydrogen-bond donors (Lipinski definition) is 0. The van der Waals surface area contributed by atoms with E-state index in [9.17, 15) is 0 Å². The Labute approximate surface area is 142 Å². The van der Waals surface area contributed by atoms with Gasteiger partial charge in [-0.1, -0.05) is 13.8 Å². The van der Waals surface area contributed by atoms with E-state index < -0.39 is 0 Å². The first-order valence-corrected chi connectivity index (χ1v) is 2.34. The summed E-state index contributed by atoms with van der Waals surface area (Å²) in [5.74, 6) is 1.44. The first-order chi connectivity index (χ1) is 3.79. The molecule has 0 aliphatic heterocycles. The minimum Gasteiger partial charge on any atom is -0.353 e. The number of nitrogens with zero attached hydrogens (tertiary/aromatic N) is 3. The normalized spacial score (nSPS) is 6.73. The third kappa shape index (κ3) is 8.65. The Morgan fingerprint density at radius 2 is 1.27 bits per heavy atom. The maximum Gasteiger partial charge on any atom is 0.0247 e. The first-order valence-electron chi connectivity index (χ1n) is 2.34. The van der Waals surface area contributed by atoms with Crippen LogP contribution in [-0.2, 0) is 98.1 Å². The van der Waals surface area contributed by atoms with Crippen LogP contribution in [0.5, 0.6) is 0 Å². The minimum atomic E-state index is 0. The summed E-state index contributed by atoms with van der Waals surface area (Å²) in [7, 11) is 0. The van der Waals surface area contributed by atoms with Crippen LogP contribution in [0.4, 0.5) is 0 Å². The van der Waals surface area contributed by atoms with Crippen molar-refractivity contribution in [2.24, 2.45) is 0 Å². The molecule has 0 amide bonds. The zero-order valence-electron chi connectivity index (χ0n) is 6.57. The van der Waals surface area contributed by atoms with E-state index in [1.807, 2.05) is 13.8 Å². The second kappa shape index (κ2) is 10.4. The Kier molecular flexibility index (Phi) is 18.0. The first kappa shape index (κ1) is 19.0. The SMILES string of the molecule is Cc1n[c-]nc(C)n1.[Y].[Y].[Y]. The second-order valence-corrected chi connectivity index (χ2v) is 1.53. The van der Waals surface area contributed by atoms with Gasteiger partial charge in [0, 0.05) is 116 Å². The number of aryl methyl sites for hydroxylation is 2. The van der Waals surface area contributed by atoms with Gasteiger partial charge in [0.2, 0.25) is 0 Å². The molecule has 0 atom stereocenters. The van der Waals surface area contributed by atoms with Gasteiger partial charge in [-0.15, -0.1) is 0 Å². The molecule has 0 aromatic carbocycles. The summed E-state index contributed by atoms with van der Waals surface area (Å²) in [6.07, 6.45) is 2.47. The van der Waals surface area contributed by atoms with Crippen LogP contribution in [0.15, 0.2) is 0 Å². The molecule has 1 aromatic rings. The molecule has 3 nitrogen and oxygen atoms in total. The Morgan fingerprint density at radius 1 is 0.909 bits per heavy atom. The van der Waals surface area contributed by atoms with Crippen LogP contribution in [0, 0.1) is 20.2 Å². The Balaban J connectivity index is -0.000000213. The van der Waals surface area contributed by atoms with Gasteiger partial charge in [-0.3, -0.25) is 0 Å². The molecular weight excluding hydrogens is 369 g/mol. The van der Waals surface area contributed by atoms with E-state index in [-0.39, 0.29) is 98.1 Å². The summed E-state index contributed by atoms with van der Waals surface area (Å²) < 4.78 is 0. The predicted molar refractivity (Wildman–Crippen MR) is 28.1 cm³/mol. The van der Waals surface area contributed by atoms with Crippen LogP contribution in [0.2, 0.25) is 0 Å². The van der Waals surface area contributed by atoms with E-state index in [0.717, 1.165) is 11.6 Å². The van der Waals surface area contributed by atoms with Crippen molar-refractivity contribution in [2.75, 3.05) is 0 Å². The summed E-state index contributed by atoms with van der Waals surface area (Å²) in [6, 6.07) is 0. The van der Waals surface area contributed by atoms with Gasteiger partial charge in [0.1, 0.15) is 0 Å². The molecule has 11 heavy (non-hydrogen) atoms. The average molecular weight is 375 g/mol. The van der Waals surface area contributed by atoms with Gasteiger partial charge in [0.05, 0.1) is 0 Å². The van der Waals surface area contributed by atoms with E-state index in [1.165, 1.54) is 0 Å². The van der Waals surface area contributed by atoms with Gasteiger partial charge in [-0.25, -0.2) is 0 Å². The van der Waals surface area contributed by atoms with Crippen molar-refractivity contribution in [3.05, 3.63) is 18.0 Å². The molecule has 0 saturated carbocycles. The quantitative estimate of drug-likeness (QED) is 0.612. The monoisotopic (exact) mass is 375 g/mol. The van der Waals surface area contributed by atoms with Crippen molar-refractivity contribution in [3.63, 3.8) is 0 Å². The molecule has 51 valence electrons. The molecule has 1 heterocycles. The molecule has 0 bridgehead atoms. The average Bonchev–Trinajstić information content (AvgIpc) is 1.64. The van der Waals surface area contributed by atoms with Gasteiger partial charge in [-0.05, 0) is 0 Å². The Hall–Kier alpha value is 2.32. The molecule has 0 N–H and O–H groups in total. The fraction of sp³-hybridized carbons (Fsp3) is 0.400. The van der Waals surface area contributed by atoms with Crippen LogP contribution in [0.3, 0.4) is 0 Å². The molecule has 1 aromatic heterocycles. The van der Waals surface area contributed by atoms with Crippen LogP contribution >= 0.6 is 0 Å². The fourth-order valence-corrected chi connectivity index (χ4v) is 0.454. The van der Waals surface area contributed by atoms with Gasteiger partial charge in [0.25, 0.3) is 0 Å². The van der Waals surface area contributed by atoms with Gasteiger partial charge in [0.15, 0.2) is 0 Å². The number of rotatable bonds is 0. The predicted octanol–water partition coefficient (Wildman–Crippen LogP) is 0.281. The smallest absolute Gasteiger partial charge is 0.0247 e. The van der Waals surface area contributed by atoms with Gasteiger partial charge in [-0.2, -0.15) is 0 Å². The molecule has 0 aliphatic rings. The van der Waals surface area contributed by atoms with E-state index in [1.54, 1.807) is 0 Å². The van der Waals surface area contributed by atoms with E-state index in [2.05, 4.69) is 21.3 Å². The Morgan fingerprint density at radius 3 is 1.45 bits per heavy atom. The topological polar surface area (TPSA) is 38.7 Å². The van der Waals surface area contributed by atoms with Crippen molar-refractivity contribution >= 4 is 0 Å². The molecule has 6 heteroatoms. The zero-order valence-corrected chi connectivity index (χ0v) is 15.1. The standard InChI is InChI=1S/C5H6N3.3Y/c1-4-6-3-7-5(2)8-4;;;/h1-2H3;;;/q-1;;;. The zero-order chi connectivity index (χ0) is 5.98.